The Morgan fingerprint density at radius 1 is 0.947 bits per heavy atom. The Labute approximate surface area is 115 Å². The summed E-state index contributed by atoms with van der Waals surface area (Å²) in [5, 5.41) is 8.77. The van der Waals surface area contributed by atoms with Gasteiger partial charge in [-0.15, -0.1) is 0 Å². The summed E-state index contributed by atoms with van der Waals surface area (Å²) >= 11 is 0. The molecule has 1 atom stereocenters. The molecule has 0 radical (unpaired) electrons. The molecule has 0 N–H and O–H groups in total. The van der Waals surface area contributed by atoms with Crippen LogP contribution in [0.25, 0.3) is 0 Å². The minimum absolute atomic E-state index is 0.629. The summed E-state index contributed by atoms with van der Waals surface area (Å²) in [7, 11) is 0. The van der Waals surface area contributed by atoms with Crippen LogP contribution in [0, 0.1) is 11.3 Å². The van der Waals surface area contributed by atoms with E-state index in [4.69, 9.17) is 5.26 Å². The maximum absolute atomic E-state index is 8.77. The Kier molecular flexibility index (Phi) is 4.36. The molecule has 0 bridgehead atoms. The largest absolute Gasteiger partial charge is 0.192 e. The molecule has 0 fully saturated rings. The van der Waals surface area contributed by atoms with Crippen molar-refractivity contribution in [3.8, 4) is 6.07 Å². The molecule has 1 unspecified atom stereocenters. The number of hydrogen-bond acceptors (Lipinski definition) is 1. The molecule has 2 aromatic carbocycles. The van der Waals surface area contributed by atoms with Crippen molar-refractivity contribution < 1.29 is 0 Å². The normalized spacial score (nSPS) is 11.8. The third-order valence-electron chi connectivity index (χ3n) is 3.65. The second-order valence-corrected chi connectivity index (χ2v) is 5.04. The molecular formula is C18H19N. The van der Waals surface area contributed by atoms with Gasteiger partial charge in [0.2, 0.25) is 0 Å². The molecule has 0 aromatic heterocycles. The molecule has 0 saturated carbocycles. The summed E-state index contributed by atoms with van der Waals surface area (Å²) in [5.74, 6) is 0.629. The van der Waals surface area contributed by atoms with Crippen LogP contribution in [-0.2, 0) is 6.42 Å². The highest BCUT2D eigenvalue weighted by molar-refractivity contribution is 5.35. The molecule has 0 aliphatic carbocycles. The third kappa shape index (κ3) is 3.45. The SMILES string of the molecule is CCC(C)c1ccc(Cc2ccc(C#N)cc2)cc1. The summed E-state index contributed by atoms with van der Waals surface area (Å²) in [6.07, 6.45) is 2.10. The number of benzene rings is 2. The molecule has 1 heteroatoms. The lowest BCUT2D eigenvalue weighted by atomic mass is 9.96. The molecule has 1 nitrogen and oxygen atoms in total. The standard InChI is InChI=1S/C18H19N/c1-3-14(2)18-10-8-16(9-11-18)12-15-4-6-17(13-19)7-5-15/h4-11,14H,3,12H2,1-2H3. The first-order chi connectivity index (χ1) is 9.22. The lowest BCUT2D eigenvalue weighted by Gasteiger charge is -2.09. The second kappa shape index (κ2) is 6.20. The van der Waals surface area contributed by atoms with Gasteiger partial charge >= 0.3 is 0 Å². The Balaban J connectivity index is 2.08. The zero-order valence-electron chi connectivity index (χ0n) is 11.6. The average Bonchev–Trinajstić information content (AvgIpc) is 2.48. The maximum atomic E-state index is 8.77. The highest BCUT2D eigenvalue weighted by Crippen LogP contribution is 2.20. The van der Waals surface area contributed by atoms with Gasteiger partial charge in [-0.25, -0.2) is 0 Å². The van der Waals surface area contributed by atoms with Gasteiger partial charge in [0, 0.05) is 0 Å². The smallest absolute Gasteiger partial charge is 0.0991 e. The first-order valence-corrected chi connectivity index (χ1v) is 6.80. The lowest BCUT2D eigenvalue weighted by molar-refractivity contribution is 0.733. The Morgan fingerprint density at radius 2 is 1.47 bits per heavy atom. The zero-order chi connectivity index (χ0) is 13.7. The topological polar surface area (TPSA) is 23.8 Å². The van der Waals surface area contributed by atoms with Gasteiger partial charge in [-0.2, -0.15) is 5.26 Å². The van der Waals surface area contributed by atoms with Crippen molar-refractivity contribution in [2.75, 3.05) is 0 Å². The molecular weight excluding hydrogens is 230 g/mol. The first kappa shape index (κ1) is 13.4. The van der Waals surface area contributed by atoms with Crippen LogP contribution in [0.3, 0.4) is 0 Å². The van der Waals surface area contributed by atoms with Crippen LogP contribution in [-0.4, -0.2) is 0 Å². The monoisotopic (exact) mass is 249 g/mol. The molecule has 0 spiro atoms. The highest BCUT2D eigenvalue weighted by atomic mass is 14.2. The molecule has 2 aromatic rings. The molecule has 0 saturated heterocycles. The highest BCUT2D eigenvalue weighted by Gasteiger charge is 2.03. The predicted octanol–water partition coefficient (Wildman–Crippen LogP) is 4.66. The van der Waals surface area contributed by atoms with E-state index in [1.807, 2.05) is 24.3 Å². The van der Waals surface area contributed by atoms with Crippen LogP contribution in [0.15, 0.2) is 48.5 Å². The Hall–Kier alpha value is -2.07. The zero-order valence-corrected chi connectivity index (χ0v) is 11.6. The second-order valence-electron chi connectivity index (χ2n) is 5.04. The van der Waals surface area contributed by atoms with Gasteiger partial charge in [-0.3, -0.25) is 0 Å². The maximum Gasteiger partial charge on any atom is 0.0991 e. The van der Waals surface area contributed by atoms with E-state index < -0.39 is 0 Å². The van der Waals surface area contributed by atoms with Crippen LogP contribution in [0.5, 0.6) is 0 Å². The van der Waals surface area contributed by atoms with Crippen LogP contribution < -0.4 is 0 Å². The number of hydrogen-bond donors (Lipinski definition) is 0. The Morgan fingerprint density at radius 3 is 1.95 bits per heavy atom. The minimum Gasteiger partial charge on any atom is -0.192 e. The molecule has 0 heterocycles. The molecule has 0 aliphatic rings. The molecule has 0 aliphatic heterocycles. The lowest BCUT2D eigenvalue weighted by Crippen LogP contribution is -1.93. The fraction of sp³-hybridized carbons (Fsp3) is 0.278. The van der Waals surface area contributed by atoms with Crippen molar-refractivity contribution >= 4 is 0 Å². The van der Waals surface area contributed by atoms with Crippen molar-refractivity contribution in [2.45, 2.75) is 32.6 Å². The van der Waals surface area contributed by atoms with E-state index in [2.05, 4.69) is 44.2 Å². The average molecular weight is 249 g/mol. The van der Waals surface area contributed by atoms with E-state index in [1.165, 1.54) is 23.1 Å². The van der Waals surface area contributed by atoms with Crippen molar-refractivity contribution in [3.63, 3.8) is 0 Å². The van der Waals surface area contributed by atoms with Crippen molar-refractivity contribution in [3.05, 3.63) is 70.8 Å². The van der Waals surface area contributed by atoms with Crippen LogP contribution in [0.4, 0.5) is 0 Å². The number of nitrogens with zero attached hydrogens (tertiary/aromatic N) is 1. The van der Waals surface area contributed by atoms with Crippen LogP contribution in [0.1, 0.15) is 48.4 Å². The summed E-state index contributed by atoms with van der Waals surface area (Å²) < 4.78 is 0. The van der Waals surface area contributed by atoms with Crippen molar-refractivity contribution in [1.29, 1.82) is 5.26 Å². The van der Waals surface area contributed by atoms with Gasteiger partial charge in [0.25, 0.3) is 0 Å². The summed E-state index contributed by atoms with van der Waals surface area (Å²) in [5.41, 5.74) is 4.69. The predicted molar refractivity (Wildman–Crippen MR) is 79.1 cm³/mol. The van der Waals surface area contributed by atoms with E-state index in [-0.39, 0.29) is 0 Å². The fourth-order valence-electron chi connectivity index (χ4n) is 2.13. The molecule has 96 valence electrons. The van der Waals surface area contributed by atoms with E-state index >= 15 is 0 Å². The number of nitriles is 1. The van der Waals surface area contributed by atoms with Gasteiger partial charge < -0.3 is 0 Å². The summed E-state index contributed by atoms with van der Waals surface area (Å²) in [6.45, 7) is 4.48. The quantitative estimate of drug-likeness (QED) is 0.773. The van der Waals surface area contributed by atoms with Crippen molar-refractivity contribution in [2.24, 2.45) is 0 Å². The first-order valence-electron chi connectivity index (χ1n) is 6.80. The van der Waals surface area contributed by atoms with E-state index in [1.54, 1.807) is 0 Å². The van der Waals surface area contributed by atoms with Gasteiger partial charge in [0.15, 0.2) is 0 Å². The van der Waals surface area contributed by atoms with Gasteiger partial charge in [0.05, 0.1) is 11.6 Å². The van der Waals surface area contributed by atoms with Gasteiger partial charge in [0.1, 0.15) is 0 Å². The molecule has 0 amide bonds. The molecule has 2 rings (SSSR count). The summed E-state index contributed by atoms with van der Waals surface area (Å²) in [4.78, 5) is 0. The Bertz CT molecular complexity index is 558. The summed E-state index contributed by atoms with van der Waals surface area (Å²) in [6, 6.07) is 18.8. The van der Waals surface area contributed by atoms with Gasteiger partial charge in [-0.1, -0.05) is 50.2 Å². The van der Waals surface area contributed by atoms with E-state index in [9.17, 15) is 0 Å². The van der Waals surface area contributed by atoms with Crippen LogP contribution >= 0.6 is 0 Å². The van der Waals surface area contributed by atoms with E-state index in [0.717, 1.165) is 12.0 Å². The number of rotatable bonds is 4. The third-order valence-corrected chi connectivity index (χ3v) is 3.65. The van der Waals surface area contributed by atoms with E-state index in [0.29, 0.717) is 5.92 Å². The fourth-order valence-corrected chi connectivity index (χ4v) is 2.13. The van der Waals surface area contributed by atoms with Crippen molar-refractivity contribution in [1.82, 2.24) is 0 Å². The van der Waals surface area contributed by atoms with Crippen LogP contribution in [0.2, 0.25) is 0 Å². The van der Waals surface area contributed by atoms with Gasteiger partial charge in [-0.05, 0) is 47.6 Å². The molecule has 19 heavy (non-hydrogen) atoms. The minimum atomic E-state index is 0.629.